The maximum Gasteiger partial charge on any atom is 0.307 e. The molecule has 0 bridgehead atoms. The van der Waals surface area contributed by atoms with Crippen molar-refractivity contribution in [3.63, 3.8) is 0 Å². The lowest BCUT2D eigenvalue weighted by Gasteiger charge is -2.32. The van der Waals surface area contributed by atoms with Gasteiger partial charge in [0.1, 0.15) is 0 Å². The molecule has 1 aromatic carbocycles. The monoisotopic (exact) mass is 364 g/mol. The van der Waals surface area contributed by atoms with E-state index >= 15 is 0 Å². The van der Waals surface area contributed by atoms with E-state index in [2.05, 4.69) is 6.92 Å². The Hall–Kier alpha value is -1.23. The Morgan fingerprint density at radius 2 is 1.71 bits per heavy atom. The molecule has 1 aliphatic carbocycles. The van der Waals surface area contributed by atoms with E-state index in [-0.39, 0.29) is 30.3 Å². The normalized spacial score (nSPS) is 21.8. The first-order valence-corrected chi connectivity index (χ1v) is 8.28. The number of benzene rings is 1. The smallest absolute Gasteiger partial charge is 0.307 e. The highest BCUT2D eigenvalue weighted by Crippen LogP contribution is 2.37. The fraction of sp³-hybridized carbons (Fsp3) is 0.611. The van der Waals surface area contributed by atoms with Crippen LogP contribution in [0.15, 0.2) is 12.1 Å². The van der Waals surface area contributed by atoms with E-state index in [0.29, 0.717) is 5.92 Å². The maximum atomic E-state index is 13.3. The molecular weight excluding hydrogens is 341 g/mol. The van der Waals surface area contributed by atoms with Crippen LogP contribution in [-0.4, -0.2) is 11.1 Å². The molecule has 1 aliphatic rings. The summed E-state index contributed by atoms with van der Waals surface area (Å²) in [6, 6.07) is 1.80. The SMILES string of the molecule is CCC[C@H]1CC[C@H](C(Cc2cc(F)c(F)c(F)c2)C(=O)O)CC1.Cl. The summed E-state index contributed by atoms with van der Waals surface area (Å²) in [4.78, 5) is 11.6. The van der Waals surface area contributed by atoms with Gasteiger partial charge < -0.3 is 5.11 Å². The molecule has 0 saturated heterocycles. The largest absolute Gasteiger partial charge is 0.481 e. The van der Waals surface area contributed by atoms with E-state index in [1.165, 1.54) is 6.42 Å². The zero-order chi connectivity index (χ0) is 17.0. The second-order valence-corrected chi connectivity index (χ2v) is 6.59. The van der Waals surface area contributed by atoms with Crippen molar-refractivity contribution in [1.82, 2.24) is 0 Å². The lowest BCUT2D eigenvalue weighted by molar-refractivity contribution is -0.144. The number of rotatable bonds is 6. The van der Waals surface area contributed by atoms with Crippen LogP contribution in [0.5, 0.6) is 0 Å². The van der Waals surface area contributed by atoms with Crippen molar-refractivity contribution in [3.8, 4) is 0 Å². The highest BCUT2D eigenvalue weighted by Gasteiger charge is 2.32. The molecule has 1 N–H and O–H groups in total. The summed E-state index contributed by atoms with van der Waals surface area (Å²) in [5.41, 5.74) is 0.199. The van der Waals surface area contributed by atoms with Crippen molar-refractivity contribution in [3.05, 3.63) is 35.1 Å². The third-order valence-electron chi connectivity index (χ3n) is 4.97. The summed E-state index contributed by atoms with van der Waals surface area (Å²) in [5.74, 6) is -5.01. The average Bonchev–Trinajstić information content (AvgIpc) is 2.51. The van der Waals surface area contributed by atoms with Crippen LogP contribution in [0.2, 0.25) is 0 Å². The molecule has 0 aliphatic heterocycles. The molecule has 1 fully saturated rings. The lowest BCUT2D eigenvalue weighted by atomic mass is 9.73. The standard InChI is InChI=1S/C18H23F3O2.ClH/c1-2-3-11-4-6-13(7-5-11)14(18(22)23)8-12-9-15(19)17(21)16(20)10-12;/h9-11,13-14H,2-8H2,1H3,(H,22,23);1H/t11-,13-,14?;. The summed E-state index contributed by atoms with van der Waals surface area (Å²) in [5, 5.41) is 9.49. The first kappa shape index (κ1) is 20.8. The first-order valence-electron chi connectivity index (χ1n) is 8.28. The van der Waals surface area contributed by atoms with Gasteiger partial charge in [-0.15, -0.1) is 12.4 Å². The molecule has 24 heavy (non-hydrogen) atoms. The van der Waals surface area contributed by atoms with Crippen LogP contribution < -0.4 is 0 Å². The molecule has 6 heteroatoms. The third-order valence-corrected chi connectivity index (χ3v) is 4.97. The van der Waals surface area contributed by atoms with Crippen molar-refractivity contribution in [2.45, 2.75) is 51.9 Å². The van der Waals surface area contributed by atoms with Crippen LogP contribution in [0.3, 0.4) is 0 Å². The Bertz CT molecular complexity index is 534. The van der Waals surface area contributed by atoms with Crippen LogP contribution in [0.1, 0.15) is 51.0 Å². The van der Waals surface area contributed by atoms with Gasteiger partial charge in [-0.25, -0.2) is 13.2 Å². The van der Waals surface area contributed by atoms with Gasteiger partial charge in [-0.2, -0.15) is 0 Å². The number of hydrogen-bond donors (Lipinski definition) is 1. The molecule has 2 rings (SSSR count). The second-order valence-electron chi connectivity index (χ2n) is 6.59. The molecular formula is C18H24ClF3O2. The summed E-state index contributed by atoms with van der Waals surface area (Å²) in [7, 11) is 0. The molecule has 0 spiro atoms. The quantitative estimate of drug-likeness (QED) is 0.688. The predicted octanol–water partition coefficient (Wildman–Crippen LogP) is 5.38. The van der Waals surface area contributed by atoms with E-state index in [1.807, 2.05) is 0 Å². The Morgan fingerprint density at radius 3 is 2.17 bits per heavy atom. The molecule has 1 aromatic rings. The Morgan fingerprint density at radius 1 is 1.17 bits per heavy atom. The zero-order valence-corrected chi connectivity index (χ0v) is 14.6. The molecule has 136 valence electrons. The van der Waals surface area contributed by atoms with Crippen molar-refractivity contribution in [1.29, 1.82) is 0 Å². The van der Waals surface area contributed by atoms with Gasteiger partial charge in [-0.05, 0) is 48.8 Å². The minimum atomic E-state index is -1.51. The Kier molecular flexibility index (Phi) is 8.07. The maximum absolute atomic E-state index is 13.3. The summed E-state index contributed by atoms with van der Waals surface area (Å²) in [6.45, 7) is 2.14. The molecule has 0 heterocycles. The summed E-state index contributed by atoms with van der Waals surface area (Å²) in [6.07, 6.45) is 6.00. The zero-order valence-electron chi connectivity index (χ0n) is 13.7. The number of hydrogen-bond acceptors (Lipinski definition) is 1. The predicted molar refractivity (Wildman–Crippen MR) is 88.7 cm³/mol. The van der Waals surface area contributed by atoms with Gasteiger partial charge in [0.15, 0.2) is 17.5 Å². The van der Waals surface area contributed by atoms with Crippen LogP contribution in [-0.2, 0) is 11.2 Å². The lowest BCUT2D eigenvalue weighted by Crippen LogP contribution is -2.29. The fourth-order valence-electron chi connectivity index (χ4n) is 3.72. The van der Waals surface area contributed by atoms with Gasteiger partial charge in [0.25, 0.3) is 0 Å². The number of carboxylic acid groups (broad SMARTS) is 1. The molecule has 0 aromatic heterocycles. The third kappa shape index (κ3) is 5.13. The van der Waals surface area contributed by atoms with Gasteiger partial charge in [-0.3, -0.25) is 4.79 Å². The van der Waals surface area contributed by atoms with Crippen molar-refractivity contribution in [2.24, 2.45) is 17.8 Å². The van der Waals surface area contributed by atoms with E-state index < -0.39 is 29.3 Å². The van der Waals surface area contributed by atoms with Crippen LogP contribution in [0.4, 0.5) is 13.2 Å². The molecule has 0 amide bonds. The van der Waals surface area contributed by atoms with Gasteiger partial charge in [0, 0.05) is 0 Å². The van der Waals surface area contributed by atoms with E-state index in [1.54, 1.807) is 0 Å². The van der Waals surface area contributed by atoms with Gasteiger partial charge in [0.2, 0.25) is 0 Å². The van der Waals surface area contributed by atoms with Crippen LogP contribution >= 0.6 is 12.4 Å². The van der Waals surface area contributed by atoms with Gasteiger partial charge in [0.05, 0.1) is 5.92 Å². The number of carboxylic acids is 1. The molecule has 2 nitrogen and oxygen atoms in total. The van der Waals surface area contributed by atoms with E-state index in [9.17, 15) is 23.1 Å². The number of carbonyl (C=O) groups is 1. The van der Waals surface area contributed by atoms with E-state index in [4.69, 9.17) is 0 Å². The summed E-state index contributed by atoms with van der Waals surface area (Å²) >= 11 is 0. The van der Waals surface area contributed by atoms with Crippen LogP contribution in [0, 0.1) is 35.2 Å². The van der Waals surface area contributed by atoms with Crippen molar-refractivity contribution >= 4 is 18.4 Å². The Balaban J connectivity index is 0.00000288. The molecule has 0 radical (unpaired) electrons. The number of aliphatic carboxylic acids is 1. The Labute approximate surface area is 146 Å². The van der Waals surface area contributed by atoms with Crippen LogP contribution in [0.25, 0.3) is 0 Å². The molecule has 1 saturated carbocycles. The summed E-state index contributed by atoms with van der Waals surface area (Å²) < 4.78 is 39.6. The minimum Gasteiger partial charge on any atom is -0.481 e. The highest BCUT2D eigenvalue weighted by atomic mass is 35.5. The molecule has 1 atom stereocenters. The minimum absolute atomic E-state index is 0. The topological polar surface area (TPSA) is 37.3 Å². The highest BCUT2D eigenvalue weighted by molar-refractivity contribution is 5.85. The fourth-order valence-corrected chi connectivity index (χ4v) is 3.72. The van der Waals surface area contributed by atoms with Gasteiger partial charge >= 0.3 is 5.97 Å². The van der Waals surface area contributed by atoms with Gasteiger partial charge in [-0.1, -0.05) is 32.6 Å². The van der Waals surface area contributed by atoms with Crippen molar-refractivity contribution in [2.75, 3.05) is 0 Å². The molecule has 1 unspecified atom stereocenters. The van der Waals surface area contributed by atoms with E-state index in [0.717, 1.165) is 44.2 Å². The number of halogens is 4. The van der Waals surface area contributed by atoms with Crippen molar-refractivity contribution < 1.29 is 23.1 Å². The second kappa shape index (κ2) is 9.30. The average molecular weight is 365 g/mol. The first-order chi connectivity index (χ1) is 10.9.